The number of nitrogens with two attached hydrogens (primary N) is 1. The molecule has 17 heavy (non-hydrogen) atoms. The van der Waals surface area contributed by atoms with Crippen LogP contribution in [0.2, 0.25) is 0 Å². The molecule has 2 N–H and O–H groups in total. The molecule has 90 valence electrons. The van der Waals surface area contributed by atoms with Crippen LogP contribution in [0.25, 0.3) is 0 Å². The van der Waals surface area contributed by atoms with Crippen molar-refractivity contribution >= 4 is 11.3 Å². The van der Waals surface area contributed by atoms with Crippen LogP contribution in [-0.4, -0.2) is 4.98 Å². The zero-order valence-corrected chi connectivity index (χ0v) is 10.2. The molecule has 2 aromatic rings. The summed E-state index contributed by atoms with van der Waals surface area (Å²) < 4.78 is 19.0. The molecular formula is C12H13FN2OS. The summed E-state index contributed by atoms with van der Waals surface area (Å²) in [6, 6.07) is 4.61. The Morgan fingerprint density at radius 1 is 1.53 bits per heavy atom. The lowest BCUT2D eigenvalue weighted by Gasteiger charge is -2.09. The fraction of sp³-hybridized carbons (Fsp3) is 0.250. The highest BCUT2D eigenvalue weighted by atomic mass is 32.1. The molecule has 0 amide bonds. The zero-order chi connectivity index (χ0) is 12.3. The summed E-state index contributed by atoms with van der Waals surface area (Å²) in [5.74, 6) is -0.146. The van der Waals surface area contributed by atoms with Crippen molar-refractivity contribution in [1.82, 2.24) is 4.98 Å². The maximum Gasteiger partial charge on any atom is 0.165 e. The first kappa shape index (κ1) is 12.0. The van der Waals surface area contributed by atoms with Gasteiger partial charge in [-0.1, -0.05) is 6.07 Å². The number of halogens is 1. The van der Waals surface area contributed by atoms with Gasteiger partial charge < -0.3 is 10.5 Å². The Hall–Kier alpha value is -1.46. The number of nitrogens with zero attached hydrogens (tertiary/aromatic N) is 1. The molecule has 1 aromatic heterocycles. The molecule has 0 saturated heterocycles. The van der Waals surface area contributed by atoms with Crippen molar-refractivity contribution in [3.63, 3.8) is 0 Å². The van der Waals surface area contributed by atoms with E-state index < -0.39 is 0 Å². The number of ether oxygens (including phenoxy) is 1. The van der Waals surface area contributed by atoms with Crippen molar-refractivity contribution in [3.8, 4) is 5.75 Å². The minimum absolute atomic E-state index is 0.181. The lowest BCUT2D eigenvalue weighted by Crippen LogP contribution is -2.05. The molecular weight excluding hydrogens is 239 g/mol. The highest BCUT2D eigenvalue weighted by Crippen LogP contribution is 2.22. The van der Waals surface area contributed by atoms with Gasteiger partial charge in [0.15, 0.2) is 11.6 Å². The van der Waals surface area contributed by atoms with Gasteiger partial charge in [-0.15, -0.1) is 11.3 Å². The first-order valence-electron chi connectivity index (χ1n) is 5.22. The Balaban J connectivity index is 2.06. The molecule has 1 aromatic carbocycles. The standard InChI is InChI=1S/C12H13FN2OS/c1-8(14)9-2-3-12(11(13)4-9)16-6-10-5-15-7-17-10/h2-5,7-8H,6,14H2,1H3. The third-order valence-electron chi connectivity index (χ3n) is 2.34. The Bertz CT molecular complexity index is 485. The summed E-state index contributed by atoms with van der Waals surface area (Å²) in [5.41, 5.74) is 8.14. The van der Waals surface area contributed by atoms with Gasteiger partial charge in [0, 0.05) is 12.2 Å². The van der Waals surface area contributed by atoms with Crippen LogP contribution < -0.4 is 10.5 Å². The Morgan fingerprint density at radius 3 is 2.94 bits per heavy atom. The van der Waals surface area contributed by atoms with Crippen LogP contribution in [0.4, 0.5) is 4.39 Å². The van der Waals surface area contributed by atoms with E-state index in [9.17, 15) is 4.39 Å². The van der Waals surface area contributed by atoms with Gasteiger partial charge in [-0.2, -0.15) is 0 Å². The first-order chi connectivity index (χ1) is 8.16. The first-order valence-corrected chi connectivity index (χ1v) is 6.10. The third kappa shape index (κ3) is 3.01. The highest BCUT2D eigenvalue weighted by Gasteiger charge is 2.07. The van der Waals surface area contributed by atoms with Crippen LogP contribution in [0.5, 0.6) is 5.75 Å². The van der Waals surface area contributed by atoms with Gasteiger partial charge in [0.05, 0.1) is 10.4 Å². The molecule has 5 heteroatoms. The average molecular weight is 252 g/mol. The van der Waals surface area contributed by atoms with E-state index in [2.05, 4.69) is 4.98 Å². The summed E-state index contributed by atoms with van der Waals surface area (Å²) in [6.07, 6.45) is 1.71. The minimum Gasteiger partial charge on any atom is -0.485 e. The van der Waals surface area contributed by atoms with Crippen molar-refractivity contribution in [2.45, 2.75) is 19.6 Å². The molecule has 0 spiro atoms. The van der Waals surface area contributed by atoms with Gasteiger partial charge in [0.25, 0.3) is 0 Å². The van der Waals surface area contributed by atoms with Crippen LogP contribution in [0.3, 0.4) is 0 Å². The predicted octanol–water partition coefficient (Wildman–Crippen LogP) is 2.88. The summed E-state index contributed by atoms with van der Waals surface area (Å²) in [4.78, 5) is 4.88. The van der Waals surface area contributed by atoms with Gasteiger partial charge in [0.2, 0.25) is 0 Å². The minimum atomic E-state index is -0.385. The highest BCUT2D eigenvalue weighted by molar-refractivity contribution is 7.09. The fourth-order valence-electron chi connectivity index (χ4n) is 1.38. The van der Waals surface area contributed by atoms with Crippen LogP contribution in [0.1, 0.15) is 23.4 Å². The van der Waals surface area contributed by atoms with E-state index in [4.69, 9.17) is 10.5 Å². The summed E-state index contributed by atoms with van der Waals surface area (Å²) >= 11 is 1.48. The molecule has 0 aliphatic rings. The molecule has 1 heterocycles. The topological polar surface area (TPSA) is 48.1 Å². The number of thiazole rings is 1. The molecule has 0 aliphatic carbocycles. The lowest BCUT2D eigenvalue weighted by atomic mass is 10.1. The zero-order valence-electron chi connectivity index (χ0n) is 9.39. The molecule has 0 radical (unpaired) electrons. The van der Waals surface area contributed by atoms with E-state index in [1.807, 2.05) is 6.92 Å². The second kappa shape index (κ2) is 5.25. The SMILES string of the molecule is CC(N)c1ccc(OCc2cncs2)c(F)c1. The van der Waals surface area contributed by atoms with Crippen molar-refractivity contribution < 1.29 is 9.13 Å². The van der Waals surface area contributed by atoms with Gasteiger partial charge in [-0.05, 0) is 24.6 Å². The van der Waals surface area contributed by atoms with Gasteiger partial charge in [-0.3, -0.25) is 4.98 Å². The molecule has 1 atom stereocenters. The molecule has 3 nitrogen and oxygen atoms in total. The summed E-state index contributed by atoms with van der Waals surface area (Å²) in [5, 5.41) is 0. The molecule has 1 unspecified atom stereocenters. The van der Waals surface area contributed by atoms with Crippen LogP contribution in [-0.2, 0) is 6.61 Å². The molecule has 2 rings (SSSR count). The number of aromatic nitrogens is 1. The van der Waals surface area contributed by atoms with E-state index in [1.54, 1.807) is 23.8 Å². The van der Waals surface area contributed by atoms with E-state index in [-0.39, 0.29) is 17.6 Å². The maximum absolute atomic E-state index is 13.6. The van der Waals surface area contributed by atoms with Crippen LogP contribution in [0.15, 0.2) is 29.9 Å². The Morgan fingerprint density at radius 2 is 2.35 bits per heavy atom. The second-order valence-corrected chi connectivity index (χ2v) is 4.71. The van der Waals surface area contributed by atoms with Gasteiger partial charge in [-0.25, -0.2) is 4.39 Å². The quantitative estimate of drug-likeness (QED) is 0.910. The van der Waals surface area contributed by atoms with Crippen molar-refractivity contribution in [2.75, 3.05) is 0 Å². The third-order valence-corrected chi connectivity index (χ3v) is 3.09. The maximum atomic E-state index is 13.6. The van der Waals surface area contributed by atoms with Gasteiger partial charge in [0.1, 0.15) is 6.61 Å². The van der Waals surface area contributed by atoms with Crippen molar-refractivity contribution in [1.29, 1.82) is 0 Å². The number of rotatable bonds is 4. The second-order valence-electron chi connectivity index (χ2n) is 3.73. The van der Waals surface area contributed by atoms with E-state index in [0.29, 0.717) is 6.61 Å². The smallest absolute Gasteiger partial charge is 0.165 e. The Kier molecular flexibility index (Phi) is 3.71. The monoisotopic (exact) mass is 252 g/mol. The van der Waals surface area contributed by atoms with Crippen LogP contribution in [0, 0.1) is 5.82 Å². The van der Waals surface area contributed by atoms with Crippen LogP contribution >= 0.6 is 11.3 Å². The predicted molar refractivity (Wildman–Crippen MR) is 65.4 cm³/mol. The lowest BCUT2D eigenvalue weighted by molar-refractivity contribution is 0.293. The average Bonchev–Trinajstić information content (AvgIpc) is 2.80. The van der Waals surface area contributed by atoms with E-state index in [0.717, 1.165) is 10.4 Å². The number of hydrogen-bond donors (Lipinski definition) is 1. The van der Waals surface area contributed by atoms with E-state index >= 15 is 0 Å². The van der Waals surface area contributed by atoms with Crippen molar-refractivity contribution in [2.24, 2.45) is 5.73 Å². The molecule has 0 fully saturated rings. The Labute approximate surface area is 103 Å². The van der Waals surface area contributed by atoms with Crippen molar-refractivity contribution in [3.05, 3.63) is 46.2 Å². The largest absolute Gasteiger partial charge is 0.485 e. The van der Waals surface area contributed by atoms with E-state index in [1.165, 1.54) is 17.4 Å². The number of hydrogen-bond acceptors (Lipinski definition) is 4. The normalized spacial score (nSPS) is 12.4. The molecule has 0 aliphatic heterocycles. The summed E-state index contributed by atoms with van der Waals surface area (Å²) in [6.45, 7) is 2.14. The molecule has 0 bridgehead atoms. The fourth-order valence-corrected chi connectivity index (χ4v) is 1.89. The molecule has 0 saturated carbocycles. The van der Waals surface area contributed by atoms with Gasteiger partial charge >= 0.3 is 0 Å². The summed E-state index contributed by atoms with van der Waals surface area (Å²) in [7, 11) is 0. The number of benzene rings is 1.